The zero-order chi connectivity index (χ0) is 25.7. The minimum atomic E-state index is -0.885. The molecule has 0 bridgehead atoms. The number of primary amides is 1. The van der Waals surface area contributed by atoms with Crippen LogP contribution in [0, 0.1) is 5.92 Å². The first-order valence-corrected chi connectivity index (χ1v) is 12.0. The van der Waals surface area contributed by atoms with Crippen LogP contribution in [0.25, 0.3) is 22.3 Å². The molecule has 8 heteroatoms. The van der Waals surface area contributed by atoms with E-state index in [9.17, 15) is 5.11 Å². The summed E-state index contributed by atoms with van der Waals surface area (Å²) in [4.78, 5) is 18.4. The number of nitrogens with zero attached hydrogens (tertiary/aromatic N) is 4. The number of aliphatic hydroxyl groups is 1. The highest BCUT2D eigenvalue weighted by Crippen LogP contribution is 2.30. The maximum Gasteiger partial charge on any atom is 0.204 e. The fraction of sp³-hybridized carbons (Fsp3) is 0.538. The normalized spacial score (nSPS) is 12.7. The third-order valence-corrected chi connectivity index (χ3v) is 5.09. The molecule has 34 heavy (non-hydrogen) atoms. The lowest BCUT2D eigenvalue weighted by Gasteiger charge is -2.20. The zero-order valence-electron chi connectivity index (χ0n) is 21.7. The van der Waals surface area contributed by atoms with E-state index < -0.39 is 5.60 Å². The van der Waals surface area contributed by atoms with Crippen LogP contribution >= 0.6 is 0 Å². The molecule has 2 aromatic heterocycles. The second-order valence-corrected chi connectivity index (χ2v) is 8.63. The highest BCUT2D eigenvalue weighted by atomic mass is 16.5. The molecule has 0 radical (unpaired) electrons. The Morgan fingerprint density at radius 2 is 1.79 bits per heavy atom. The van der Waals surface area contributed by atoms with Crippen LogP contribution in [0.5, 0.6) is 0 Å². The second kappa shape index (κ2) is 14.4. The first-order chi connectivity index (χ1) is 16.2. The standard InChI is InChI=1S/C23H32N4O2.C2H6.CH3NO/c1-6-12-29-14-16(2)17(3)21-25-20(18-10-8-7-9-11-18)19-13-24-27(22(19)26-21)15-23(4,5)28;1-2;2-1-3/h7-11,13,16-17,28H,6,12,14-15H2,1-5H3;1-2H3;1H,(H2,2,3). The Morgan fingerprint density at radius 1 is 1.18 bits per heavy atom. The zero-order valence-corrected chi connectivity index (χ0v) is 21.7. The molecule has 2 heterocycles. The van der Waals surface area contributed by atoms with Crippen LogP contribution in [-0.4, -0.2) is 50.1 Å². The SMILES string of the molecule is CC.CCCOCC(C)C(C)c1nc(-c2ccccc2)c2cnn(CC(C)(C)O)c2n1.NC=O. The Labute approximate surface area is 203 Å². The van der Waals surface area contributed by atoms with Gasteiger partial charge in [0.05, 0.1) is 29.4 Å². The van der Waals surface area contributed by atoms with Crippen molar-refractivity contribution in [3.8, 4) is 11.3 Å². The monoisotopic (exact) mass is 471 g/mol. The van der Waals surface area contributed by atoms with E-state index in [4.69, 9.17) is 19.5 Å². The summed E-state index contributed by atoms with van der Waals surface area (Å²) in [5.74, 6) is 1.19. The van der Waals surface area contributed by atoms with Gasteiger partial charge in [-0.25, -0.2) is 14.6 Å². The van der Waals surface area contributed by atoms with Crippen LogP contribution < -0.4 is 5.73 Å². The molecule has 0 spiro atoms. The highest BCUT2D eigenvalue weighted by molar-refractivity contribution is 5.90. The molecule has 2 atom stereocenters. The number of rotatable bonds is 9. The molecule has 0 aliphatic carbocycles. The first kappa shape index (κ1) is 29.2. The van der Waals surface area contributed by atoms with Crippen LogP contribution in [0.15, 0.2) is 36.5 Å². The number of ether oxygens (including phenoxy) is 1. The van der Waals surface area contributed by atoms with E-state index in [2.05, 4.69) is 43.7 Å². The molecule has 3 N–H and O–H groups in total. The average Bonchev–Trinajstić information content (AvgIpc) is 3.21. The molecular weight excluding hydrogens is 430 g/mol. The van der Waals surface area contributed by atoms with Gasteiger partial charge >= 0.3 is 0 Å². The number of amides is 1. The molecule has 3 rings (SSSR count). The van der Waals surface area contributed by atoms with Crippen molar-refractivity contribution in [1.29, 1.82) is 0 Å². The minimum absolute atomic E-state index is 0.129. The van der Waals surface area contributed by atoms with Gasteiger partial charge < -0.3 is 15.6 Å². The lowest BCUT2D eigenvalue weighted by atomic mass is 9.95. The summed E-state index contributed by atoms with van der Waals surface area (Å²) in [6.45, 7) is 15.8. The minimum Gasteiger partial charge on any atom is -0.389 e. The number of hydrogen-bond acceptors (Lipinski definition) is 6. The smallest absolute Gasteiger partial charge is 0.204 e. The van der Waals surface area contributed by atoms with E-state index in [1.54, 1.807) is 24.7 Å². The van der Waals surface area contributed by atoms with Crippen LogP contribution in [0.2, 0.25) is 0 Å². The van der Waals surface area contributed by atoms with E-state index in [-0.39, 0.29) is 18.2 Å². The van der Waals surface area contributed by atoms with E-state index in [0.29, 0.717) is 13.2 Å². The largest absolute Gasteiger partial charge is 0.389 e. The molecule has 188 valence electrons. The van der Waals surface area contributed by atoms with Crippen LogP contribution in [0.4, 0.5) is 0 Å². The molecule has 3 aromatic rings. The second-order valence-electron chi connectivity index (χ2n) is 8.63. The van der Waals surface area contributed by atoms with Gasteiger partial charge in [0.15, 0.2) is 5.65 Å². The predicted molar refractivity (Wildman–Crippen MR) is 137 cm³/mol. The van der Waals surface area contributed by atoms with Crippen molar-refractivity contribution in [2.24, 2.45) is 11.7 Å². The quantitative estimate of drug-likeness (QED) is 0.349. The molecule has 0 saturated carbocycles. The maximum absolute atomic E-state index is 10.3. The molecule has 0 aliphatic rings. The molecule has 8 nitrogen and oxygen atoms in total. The van der Waals surface area contributed by atoms with Gasteiger partial charge in [-0.2, -0.15) is 5.10 Å². The summed E-state index contributed by atoms with van der Waals surface area (Å²) in [6, 6.07) is 10.1. The van der Waals surface area contributed by atoms with E-state index >= 15 is 0 Å². The number of benzene rings is 1. The van der Waals surface area contributed by atoms with Crippen molar-refractivity contribution in [2.45, 2.75) is 73.0 Å². The van der Waals surface area contributed by atoms with Gasteiger partial charge in [0.1, 0.15) is 5.82 Å². The first-order valence-electron chi connectivity index (χ1n) is 12.0. The number of nitrogens with two attached hydrogens (primary N) is 1. The Morgan fingerprint density at radius 3 is 2.35 bits per heavy atom. The number of fused-ring (bicyclic) bond motifs is 1. The van der Waals surface area contributed by atoms with Gasteiger partial charge in [-0.05, 0) is 26.2 Å². The van der Waals surface area contributed by atoms with Gasteiger partial charge in [0, 0.05) is 24.7 Å². The Bertz CT molecular complexity index is 983. The summed E-state index contributed by atoms with van der Waals surface area (Å²) < 4.78 is 7.53. The molecule has 0 aliphatic heterocycles. The van der Waals surface area contributed by atoms with Gasteiger partial charge in [0.2, 0.25) is 6.41 Å². The van der Waals surface area contributed by atoms with E-state index in [1.807, 2.05) is 32.0 Å². The van der Waals surface area contributed by atoms with E-state index in [1.165, 1.54) is 0 Å². The van der Waals surface area contributed by atoms with Gasteiger partial charge in [-0.3, -0.25) is 4.79 Å². The lowest BCUT2D eigenvalue weighted by molar-refractivity contribution is -0.106. The number of carbonyl (C=O) groups excluding carboxylic acids is 1. The van der Waals surface area contributed by atoms with Crippen molar-refractivity contribution in [2.75, 3.05) is 13.2 Å². The molecule has 0 saturated heterocycles. The summed E-state index contributed by atoms with van der Waals surface area (Å²) in [5, 5.41) is 15.7. The van der Waals surface area contributed by atoms with Crippen molar-refractivity contribution in [1.82, 2.24) is 19.7 Å². The number of hydrogen-bond donors (Lipinski definition) is 2. The Kier molecular flexibility index (Phi) is 12.4. The molecule has 0 fully saturated rings. The fourth-order valence-corrected chi connectivity index (χ4v) is 3.29. The predicted octanol–water partition coefficient (Wildman–Crippen LogP) is 4.56. The number of aromatic nitrogens is 4. The van der Waals surface area contributed by atoms with Gasteiger partial charge in [-0.1, -0.05) is 65.0 Å². The third-order valence-electron chi connectivity index (χ3n) is 5.09. The maximum atomic E-state index is 10.3. The number of carbonyl (C=O) groups is 1. The topological polar surface area (TPSA) is 116 Å². The van der Waals surface area contributed by atoms with Gasteiger partial charge in [0.25, 0.3) is 0 Å². The summed E-state index contributed by atoms with van der Waals surface area (Å²) >= 11 is 0. The lowest BCUT2D eigenvalue weighted by Crippen LogP contribution is -2.27. The van der Waals surface area contributed by atoms with Crippen LogP contribution in [0.1, 0.15) is 66.6 Å². The van der Waals surface area contributed by atoms with Crippen LogP contribution in [0.3, 0.4) is 0 Å². The molecule has 1 amide bonds. The summed E-state index contributed by atoms with van der Waals surface area (Å²) in [7, 11) is 0. The summed E-state index contributed by atoms with van der Waals surface area (Å²) in [5.41, 5.74) is 5.95. The Balaban J connectivity index is 0.00000107. The van der Waals surface area contributed by atoms with Crippen molar-refractivity contribution < 1.29 is 14.6 Å². The summed E-state index contributed by atoms with van der Waals surface area (Å²) in [6.07, 6.45) is 3.06. The molecule has 1 aromatic carbocycles. The van der Waals surface area contributed by atoms with Crippen molar-refractivity contribution >= 4 is 17.4 Å². The molecule has 2 unspecified atom stereocenters. The molecular formula is C26H41N5O3. The fourth-order valence-electron chi connectivity index (χ4n) is 3.29. The Hall–Kier alpha value is -2.84. The van der Waals surface area contributed by atoms with E-state index in [0.717, 1.165) is 41.1 Å². The van der Waals surface area contributed by atoms with Crippen LogP contribution in [-0.2, 0) is 16.1 Å². The van der Waals surface area contributed by atoms with Crippen molar-refractivity contribution in [3.05, 3.63) is 42.4 Å². The highest BCUT2D eigenvalue weighted by Gasteiger charge is 2.23. The average molecular weight is 472 g/mol. The van der Waals surface area contributed by atoms with Crippen molar-refractivity contribution in [3.63, 3.8) is 0 Å². The van der Waals surface area contributed by atoms with Gasteiger partial charge in [-0.15, -0.1) is 0 Å². The third kappa shape index (κ3) is 8.50.